The highest BCUT2D eigenvalue weighted by atomic mass is 16.3. The van der Waals surface area contributed by atoms with Gasteiger partial charge >= 0.3 is 0 Å². The average Bonchev–Trinajstić information content (AvgIpc) is 2.94. The quantitative estimate of drug-likeness (QED) is 0.801. The zero-order valence-electron chi connectivity index (χ0n) is 11.3. The van der Waals surface area contributed by atoms with Gasteiger partial charge in [0, 0.05) is 31.2 Å². The van der Waals surface area contributed by atoms with E-state index in [0.29, 0.717) is 6.54 Å². The van der Waals surface area contributed by atoms with Gasteiger partial charge in [-0.25, -0.2) is 4.98 Å². The van der Waals surface area contributed by atoms with Crippen LogP contribution in [0.25, 0.3) is 5.69 Å². The Labute approximate surface area is 114 Å². The van der Waals surface area contributed by atoms with Crippen LogP contribution in [0, 0.1) is 0 Å². The molecule has 0 aliphatic rings. The van der Waals surface area contributed by atoms with Crippen molar-refractivity contribution in [3.05, 3.63) is 48.5 Å². The third-order valence-electron chi connectivity index (χ3n) is 3.07. The normalized spacial score (nSPS) is 12.5. The van der Waals surface area contributed by atoms with E-state index < -0.39 is 0 Å². The second kappa shape index (κ2) is 7.07. The Bertz CT molecular complexity index is 465. The van der Waals surface area contributed by atoms with Crippen LogP contribution in [0.4, 0.5) is 0 Å². The number of rotatable bonds is 7. The van der Waals surface area contributed by atoms with Crippen molar-refractivity contribution < 1.29 is 5.11 Å². The van der Waals surface area contributed by atoms with E-state index in [2.05, 4.69) is 41.5 Å². The lowest BCUT2D eigenvalue weighted by Crippen LogP contribution is -2.26. The first-order valence-electron chi connectivity index (χ1n) is 6.75. The summed E-state index contributed by atoms with van der Waals surface area (Å²) in [4.78, 5) is 4.03. The molecule has 4 heteroatoms. The highest BCUT2D eigenvalue weighted by molar-refractivity contribution is 5.34. The molecule has 2 N–H and O–H groups in total. The lowest BCUT2D eigenvalue weighted by molar-refractivity contribution is 0.160. The van der Waals surface area contributed by atoms with Crippen molar-refractivity contribution in [2.24, 2.45) is 0 Å². The zero-order chi connectivity index (χ0) is 13.5. The number of aliphatic hydroxyl groups is 1. The number of hydrogen-bond donors (Lipinski definition) is 2. The molecule has 2 rings (SSSR count). The third-order valence-corrected chi connectivity index (χ3v) is 3.07. The molecule has 0 aliphatic heterocycles. The molecule has 1 heterocycles. The van der Waals surface area contributed by atoms with Crippen LogP contribution < -0.4 is 5.32 Å². The van der Waals surface area contributed by atoms with E-state index in [1.807, 2.05) is 10.8 Å². The van der Waals surface area contributed by atoms with Gasteiger partial charge in [-0.2, -0.15) is 0 Å². The van der Waals surface area contributed by atoms with Crippen LogP contribution in [-0.2, 0) is 6.54 Å². The molecular weight excluding hydrogens is 238 g/mol. The second-order valence-electron chi connectivity index (χ2n) is 4.71. The van der Waals surface area contributed by atoms with Crippen LogP contribution in [0.1, 0.15) is 25.3 Å². The van der Waals surface area contributed by atoms with Crippen LogP contribution in [-0.4, -0.2) is 27.3 Å². The van der Waals surface area contributed by atoms with Gasteiger partial charge in [-0.05, 0) is 24.1 Å². The highest BCUT2D eigenvalue weighted by Gasteiger charge is 2.02. The molecular formula is C15H21N3O. The molecule has 0 saturated carbocycles. The van der Waals surface area contributed by atoms with Gasteiger partial charge in [0.15, 0.2) is 0 Å². The molecule has 0 radical (unpaired) electrons. The van der Waals surface area contributed by atoms with Crippen LogP contribution >= 0.6 is 0 Å². The largest absolute Gasteiger partial charge is 0.392 e. The number of aliphatic hydroxyl groups excluding tert-OH is 1. The molecule has 19 heavy (non-hydrogen) atoms. The predicted octanol–water partition coefficient (Wildman–Crippen LogP) is 2.12. The Morgan fingerprint density at radius 2 is 2.11 bits per heavy atom. The number of benzene rings is 1. The Kier molecular flexibility index (Phi) is 5.12. The standard InChI is InChI=1S/C15H21N3O/c1-2-3-15(19)11-17-10-13-4-6-14(7-5-13)18-9-8-16-12-18/h4-9,12,15,17,19H,2-3,10-11H2,1H3. The fourth-order valence-electron chi connectivity index (χ4n) is 2.02. The fourth-order valence-corrected chi connectivity index (χ4v) is 2.02. The molecule has 0 fully saturated rings. The Morgan fingerprint density at radius 3 is 2.74 bits per heavy atom. The molecule has 0 aliphatic carbocycles. The smallest absolute Gasteiger partial charge is 0.0991 e. The van der Waals surface area contributed by atoms with Crippen LogP contribution in [0.3, 0.4) is 0 Å². The molecule has 1 unspecified atom stereocenters. The molecule has 102 valence electrons. The van der Waals surface area contributed by atoms with E-state index in [9.17, 15) is 5.11 Å². The number of aromatic nitrogens is 2. The van der Waals surface area contributed by atoms with Crippen LogP contribution in [0.2, 0.25) is 0 Å². The maximum atomic E-state index is 9.62. The molecule has 1 atom stereocenters. The molecule has 0 bridgehead atoms. The van der Waals surface area contributed by atoms with Gasteiger partial charge in [0.1, 0.15) is 0 Å². The van der Waals surface area contributed by atoms with Crippen molar-refractivity contribution >= 4 is 0 Å². The monoisotopic (exact) mass is 259 g/mol. The number of hydrogen-bond acceptors (Lipinski definition) is 3. The van der Waals surface area contributed by atoms with E-state index >= 15 is 0 Å². The predicted molar refractivity (Wildman–Crippen MR) is 76.2 cm³/mol. The summed E-state index contributed by atoms with van der Waals surface area (Å²) in [6.07, 6.45) is 7.11. The molecule has 1 aromatic carbocycles. The second-order valence-corrected chi connectivity index (χ2v) is 4.71. The molecule has 0 saturated heterocycles. The molecule has 1 aromatic heterocycles. The van der Waals surface area contributed by atoms with E-state index in [0.717, 1.165) is 25.1 Å². The van der Waals surface area contributed by atoms with E-state index in [-0.39, 0.29) is 6.10 Å². The van der Waals surface area contributed by atoms with Gasteiger partial charge in [0.25, 0.3) is 0 Å². The first-order valence-corrected chi connectivity index (χ1v) is 6.75. The van der Waals surface area contributed by atoms with Gasteiger partial charge < -0.3 is 15.0 Å². The summed E-state index contributed by atoms with van der Waals surface area (Å²) in [6.45, 7) is 3.51. The first-order chi connectivity index (χ1) is 9.29. The fraction of sp³-hybridized carbons (Fsp3) is 0.400. The van der Waals surface area contributed by atoms with E-state index in [1.165, 1.54) is 5.56 Å². The van der Waals surface area contributed by atoms with Crippen molar-refractivity contribution in [1.82, 2.24) is 14.9 Å². The van der Waals surface area contributed by atoms with Crippen LogP contribution in [0.15, 0.2) is 43.0 Å². The van der Waals surface area contributed by atoms with Crippen LogP contribution in [0.5, 0.6) is 0 Å². The number of nitrogens with zero attached hydrogens (tertiary/aromatic N) is 2. The summed E-state index contributed by atoms with van der Waals surface area (Å²) >= 11 is 0. The van der Waals surface area contributed by atoms with Crippen molar-refractivity contribution in [2.75, 3.05) is 6.54 Å². The van der Waals surface area contributed by atoms with Crippen molar-refractivity contribution in [3.63, 3.8) is 0 Å². The van der Waals surface area contributed by atoms with Gasteiger partial charge in [-0.15, -0.1) is 0 Å². The Morgan fingerprint density at radius 1 is 1.32 bits per heavy atom. The topological polar surface area (TPSA) is 50.1 Å². The Hall–Kier alpha value is -1.65. The highest BCUT2D eigenvalue weighted by Crippen LogP contribution is 2.09. The Balaban J connectivity index is 1.82. The summed E-state index contributed by atoms with van der Waals surface area (Å²) < 4.78 is 1.97. The summed E-state index contributed by atoms with van der Waals surface area (Å²) in [7, 11) is 0. The zero-order valence-corrected chi connectivity index (χ0v) is 11.3. The van der Waals surface area contributed by atoms with Crippen molar-refractivity contribution in [1.29, 1.82) is 0 Å². The van der Waals surface area contributed by atoms with Gasteiger partial charge in [0.2, 0.25) is 0 Å². The maximum Gasteiger partial charge on any atom is 0.0991 e. The summed E-state index contributed by atoms with van der Waals surface area (Å²) in [5.74, 6) is 0. The van der Waals surface area contributed by atoms with Gasteiger partial charge in [-0.1, -0.05) is 25.5 Å². The van der Waals surface area contributed by atoms with Gasteiger partial charge in [0.05, 0.1) is 12.4 Å². The van der Waals surface area contributed by atoms with Crippen molar-refractivity contribution in [2.45, 2.75) is 32.4 Å². The SMILES string of the molecule is CCCC(O)CNCc1ccc(-n2ccnc2)cc1. The van der Waals surface area contributed by atoms with E-state index in [1.54, 1.807) is 12.5 Å². The third kappa shape index (κ3) is 4.19. The first kappa shape index (κ1) is 13.8. The molecule has 0 spiro atoms. The summed E-state index contributed by atoms with van der Waals surface area (Å²) in [6, 6.07) is 8.32. The van der Waals surface area contributed by atoms with Gasteiger partial charge in [-0.3, -0.25) is 0 Å². The van der Waals surface area contributed by atoms with E-state index in [4.69, 9.17) is 0 Å². The summed E-state index contributed by atoms with van der Waals surface area (Å²) in [5.41, 5.74) is 2.32. The molecule has 0 amide bonds. The summed E-state index contributed by atoms with van der Waals surface area (Å²) in [5, 5.41) is 12.9. The number of imidazole rings is 1. The lowest BCUT2D eigenvalue weighted by Gasteiger charge is -2.11. The minimum Gasteiger partial charge on any atom is -0.392 e. The molecule has 2 aromatic rings. The minimum atomic E-state index is -0.241. The van der Waals surface area contributed by atoms with Crippen molar-refractivity contribution in [3.8, 4) is 5.69 Å². The lowest BCUT2D eigenvalue weighted by atomic mass is 10.2. The average molecular weight is 259 g/mol. The maximum absolute atomic E-state index is 9.62. The minimum absolute atomic E-state index is 0.241. The molecule has 4 nitrogen and oxygen atoms in total. The number of nitrogens with one attached hydrogen (secondary N) is 1.